The Bertz CT molecular complexity index is 729. The second kappa shape index (κ2) is 8.07. The van der Waals surface area contributed by atoms with E-state index in [1.54, 1.807) is 0 Å². The number of hydrogen-bond acceptors (Lipinski definition) is 3. The summed E-state index contributed by atoms with van der Waals surface area (Å²) in [4.78, 5) is 4.25. The second-order valence-electron chi connectivity index (χ2n) is 7.57. The molecule has 0 saturated carbocycles. The Morgan fingerprint density at radius 3 is 2.62 bits per heavy atom. The van der Waals surface area contributed by atoms with Gasteiger partial charge in [-0.15, -0.1) is 11.3 Å². The van der Waals surface area contributed by atoms with Gasteiger partial charge in [0, 0.05) is 35.2 Å². The molecule has 0 unspecified atom stereocenters. The zero-order valence-corrected chi connectivity index (χ0v) is 16.9. The maximum Gasteiger partial charge on any atom is 0.171 e. The van der Waals surface area contributed by atoms with Crippen LogP contribution in [0, 0.1) is 6.92 Å². The number of hydrogen-bond donors (Lipinski definition) is 2. The predicted octanol–water partition coefficient (Wildman–Crippen LogP) is 4.93. The van der Waals surface area contributed by atoms with Crippen molar-refractivity contribution < 1.29 is 0 Å². The highest BCUT2D eigenvalue weighted by Gasteiger charge is 2.38. The normalized spacial score (nSPS) is 25.7. The van der Waals surface area contributed by atoms with Gasteiger partial charge in [0.25, 0.3) is 0 Å². The molecule has 2 aliphatic heterocycles. The minimum atomic E-state index is 0.480. The average molecular weight is 386 g/mol. The van der Waals surface area contributed by atoms with Crippen LogP contribution in [-0.4, -0.2) is 28.1 Å². The van der Waals surface area contributed by atoms with Gasteiger partial charge in [-0.1, -0.05) is 30.7 Å². The third-order valence-electron chi connectivity index (χ3n) is 5.77. The van der Waals surface area contributed by atoms with Gasteiger partial charge in [0.2, 0.25) is 0 Å². The number of thiocarbonyl (C=S) groups is 1. The van der Waals surface area contributed by atoms with Crippen LogP contribution in [0.3, 0.4) is 0 Å². The number of piperidine rings is 2. The Morgan fingerprint density at radius 2 is 1.92 bits per heavy atom. The van der Waals surface area contributed by atoms with Crippen LogP contribution in [0.2, 0.25) is 0 Å². The molecular weight excluding hydrogens is 358 g/mol. The molecule has 26 heavy (non-hydrogen) atoms. The van der Waals surface area contributed by atoms with Crippen molar-refractivity contribution in [2.45, 2.75) is 63.7 Å². The van der Waals surface area contributed by atoms with Crippen molar-refractivity contribution in [1.82, 2.24) is 10.2 Å². The predicted molar refractivity (Wildman–Crippen MR) is 115 cm³/mol. The number of thiophene rings is 1. The largest absolute Gasteiger partial charge is 0.360 e. The van der Waals surface area contributed by atoms with Gasteiger partial charge < -0.3 is 10.6 Å². The fourth-order valence-corrected chi connectivity index (χ4v) is 5.48. The Hall–Kier alpha value is -1.43. The molecule has 0 amide bonds. The van der Waals surface area contributed by atoms with Gasteiger partial charge >= 0.3 is 0 Å². The second-order valence-corrected chi connectivity index (χ2v) is 9.01. The Morgan fingerprint density at radius 1 is 1.15 bits per heavy atom. The number of nitrogens with one attached hydrogen (secondary N) is 2. The summed E-state index contributed by atoms with van der Waals surface area (Å²) >= 11 is 7.48. The smallest absolute Gasteiger partial charge is 0.171 e. The van der Waals surface area contributed by atoms with Gasteiger partial charge in [-0.05, 0) is 67.9 Å². The summed E-state index contributed by atoms with van der Waals surface area (Å²) in [5.41, 5.74) is 2.32. The lowest BCUT2D eigenvalue weighted by atomic mass is 9.81. The van der Waals surface area contributed by atoms with Crippen molar-refractivity contribution in [3.05, 3.63) is 52.2 Å². The third-order valence-corrected chi connectivity index (χ3v) is 6.85. The zero-order chi connectivity index (χ0) is 17.9. The Kier molecular flexibility index (Phi) is 5.57. The molecule has 2 fully saturated rings. The quantitative estimate of drug-likeness (QED) is 0.730. The molecule has 4 rings (SSSR count). The molecule has 3 heterocycles. The molecule has 5 heteroatoms. The highest BCUT2D eigenvalue weighted by molar-refractivity contribution is 7.80. The molecule has 0 radical (unpaired) electrons. The number of para-hydroxylation sites is 1. The minimum absolute atomic E-state index is 0.480. The van der Waals surface area contributed by atoms with Crippen LogP contribution in [0.15, 0.2) is 41.8 Å². The Labute approximate surface area is 165 Å². The van der Waals surface area contributed by atoms with Crippen LogP contribution in [-0.2, 0) is 6.54 Å². The summed E-state index contributed by atoms with van der Waals surface area (Å²) in [5.74, 6) is 0. The van der Waals surface area contributed by atoms with E-state index in [-0.39, 0.29) is 0 Å². The zero-order valence-electron chi connectivity index (χ0n) is 15.3. The van der Waals surface area contributed by atoms with E-state index in [9.17, 15) is 0 Å². The molecule has 0 spiro atoms. The SMILES string of the molecule is Cc1ccccc1NC(=S)NC1C[C@@H]2CCC[C@@H](C1)N2Cc1cccs1. The summed E-state index contributed by atoms with van der Waals surface area (Å²) in [6.45, 7) is 3.23. The molecule has 2 N–H and O–H groups in total. The van der Waals surface area contributed by atoms with Crippen molar-refractivity contribution in [3.8, 4) is 0 Å². The van der Waals surface area contributed by atoms with E-state index in [2.05, 4.69) is 58.2 Å². The molecule has 2 aliphatic rings. The van der Waals surface area contributed by atoms with Crippen molar-refractivity contribution in [1.29, 1.82) is 0 Å². The van der Waals surface area contributed by atoms with Crippen molar-refractivity contribution >= 4 is 34.4 Å². The van der Waals surface area contributed by atoms with Gasteiger partial charge in [-0.2, -0.15) is 0 Å². The first-order valence-electron chi connectivity index (χ1n) is 9.60. The minimum Gasteiger partial charge on any atom is -0.360 e. The summed E-state index contributed by atoms with van der Waals surface area (Å²) in [5, 5.41) is 9.93. The van der Waals surface area contributed by atoms with Crippen LogP contribution < -0.4 is 10.6 Å². The number of anilines is 1. The summed E-state index contributed by atoms with van der Waals surface area (Å²) in [7, 11) is 0. The van der Waals surface area contributed by atoms with E-state index >= 15 is 0 Å². The van der Waals surface area contributed by atoms with E-state index in [0.717, 1.165) is 17.3 Å². The van der Waals surface area contributed by atoms with Gasteiger partial charge in [0.15, 0.2) is 5.11 Å². The van der Waals surface area contributed by atoms with Gasteiger partial charge in [-0.3, -0.25) is 4.90 Å². The molecular formula is C21H27N3S2. The molecule has 0 aliphatic carbocycles. The number of rotatable bonds is 4. The number of fused-ring (bicyclic) bond motifs is 2. The summed E-state index contributed by atoms with van der Waals surface area (Å²) in [6.07, 6.45) is 6.39. The molecule has 2 aromatic rings. The summed E-state index contributed by atoms with van der Waals surface area (Å²) in [6, 6.07) is 14.6. The molecule has 2 saturated heterocycles. The summed E-state index contributed by atoms with van der Waals surface area (Å²) < 4.78 is 0. The van der Waals surface area contributed by atoms with E-state index in [1.807, 2.05) is 17.4 Å². The molecule has 1 aromatic heterocycles. The number of nitrogens with zero attached hydrogens (tertiary/aromatic N) is 1. The number of aryl methyl sites for hydroxylation is 1. The lowest BCUT2D eigenvalue weighted by Crippen LogP contribution is -2.56. The standard InChI is InChI=1S/C21H27N3S2/c1-15-6-2-3-10-20(15)23-21(25)22-16-12-17-7-4-8-18(13-16)24(17)14-19-9-5-11-26-19/h2-3,5-6,9-11,16-18H,4,7-8,12-14H2,1H3,(H2,22,23,25)/t17-,18-/m0/s1. The van der Waals surface area contributed by atoms with Crippen molar-refractivity contribution in [2.75, 3.05) is 5.32 Å². The maximum atomic E-state index is 5.60. The van der Waals surface area contributed by atoms with Crippen LogP contribution in [0.25, 0.3) is 0 Å². The fraction of sp³-hybridized carbons (Fsp3) is 0.476. The van der Waals surface area contributed by atoms with Crippen LogP contribution in [0.5, 0.6) is 0 Å². The first-order chi connectivity index (χ1) is 12.7. The third kappa shape index (κ3) is 4.11. The van der Waals surface area contributed by atoms with E-state index in [1.165, 1.54) is 42.5 Å². The van der Waals surface area contributed by atoms with Crippen LogP contribution in [0.1, 0.15) is 42.5 Å². The molecule has 2 bridgehead atoms. The Balaban J connectivity index is 1.36. The molecule has 2 atom stereocenters. The molecule has 138 valence electrons. The lowest BCUT2D eigenvalue weighted by molar-refractivity contribution is 0.0220. The van der Waals surface area contributed by atoms with Crippen molar-refractivity contribution in [2.24, 2.45) is 0 Å². The topological polar surface area (TPSA) is 27.3 Å². The molecule has 3 nitrogen and oxygen atoms in total. The maximum absolute atomic E-state index is 5.60. The fourth-order valence-electron chi connectivity index (χ4n) is 4.49. The first-order valence-corrected chi connectivity index (χ1v) is 10.9. The lowest BCUT2D eigenvalue weighted by Gasteiger charge is -2.49. The highest BCUT2D eigenvalue weighted by atomic mass is 32.1. The first kappa shape index (κ1) is 18.0. The highest BCUT2D eigenvalue weighted by Crippen LogP contribution is 2.35. The van der Waals surface area contributed by atoms with Crippen molar-refractivity contribution in [3.63, 3.8) is 0 Å². The number of benzene rings is 1. The van der Waals surface area contributed by atoms with Gasteiger partial charge in [0.05, 0.1) is 0 Å². The van der Waals surface area contributed by atoms with E-state index in [4.69, 9.17) is 12.2 Å². The van der Waals surface area contributed by atoms with Gasteiger partial charge in [-0.25, -0.2) is 0 Å². The van der Waals surface area contributed by atoms with E-state index < -0.39 is 0 Å². The van der Waals surface area contributed by atoms with E-state index in [0.29, 0.717) is 18.1 Å². The monoisotopic (exact) mass is 385 g/mol. The van der Waals surface area contributed by atoms with Crippen LogP contribution >= 0.6 is 23.6 Å². The van der Waals surface area contributed by atoms with Crippen LogP contribution in [0.4, 0.5) is 5.69 Å². The average Bonchev–Trinajstić information content (AvgIpc) is 3.11. The molecule has 1 aromatic carbocycles. The van der Waals surface area contributed by atoms with Gasteiger partial charge in [0.1, 0.15) is 0 Å².